The van der Waals surface area contributed by atoms with Crippen LogP contribution in [0.25, 0.3) is 0 Å². The van der Waals surface area contributed by atoms with Crippen LogP contribution in [-0.2, 0) is 6.18 Å². The molecule has 20 heavy (non-hydrogen) atoms. The van der Waals surface area contributed by atoms with Crippen molar-refractivity contribution in [1.82, 2.24) is 4.98 Å². The van der Waals surface area contributed by atoms with Gasteiger partial charge in [0.25, 0.3) is 0 Å². The predicted molar refractivity (Wildman–Crippen MR) is 65.3 cm³/mol. The maximum atomic E-state index is 13.6. The summed E-state index contributed by atoms with van der Waals surface area (Å²) in [4.78, 5) is 3.50. The lowest BCUT2D eigenvalue weighted by Gasteiger charge is -2.09. The van der Waals surface area contributed by atoms with Crippen LogP contribution in [0.2, 0.25) is 0 Å². The number of nitrogens with one attached hydrogen (secondary N) is 1. The van der Waals surface area contributed by atoms with Gasteiger partial charge in [0.05, 0.1) is 5.56 Å². The van der Waals surface area contributed by atoms with Gasteiger partial charge in [0.1, 0.15) is 0 Å². The SMILES string of the molecule is CNc1ccc(Oc2ccc(C(F)(F)F)cn2)c(F)c1. The first-order valence-corrected chi connectivity index (χ1v) is 5.58. The van der Waals surface area contributed by atoms with Gasteiger partial charge in [-0.1, -0.05) is 0 Å². The zero-order valence-electron chi connectivity index (χ0n) is 10.3. The van der Waals surface area contributed by atoms with E-state index in [2.05, 4.69) is 10.3 Å². The van der Waals surface area contributed by atoms with Crippen LogP contribution in [0.15, 0.2) is 36.5 Å². The van der Waals surface area contributed by atoms with Gasteiger partial charge < -0.3 is 10.1 Å². The molecule has 0 amide bonds. The second kappa shape index (κ2) is 5.36. The zero-order valence-corrected chi connectivity index (χ0v) is 10.3. The van der Waals surface area contributed by atoms with E-state index in [4.69, 9.17) is 4.74 Å². The molecule has 1 aromatic heterocycles. The Morgan fingerprint density at radius 1 is 1.15 bits per heavy atom. The number of alkyl halides is 3. The number of hydrogen-bond acceptors (Lipinski definition) is 3. The Labute approximate surface area is 112 Å². The summed E-state index contributed by atoms with van der Waals surface area (Å²) in [6, 6.07) is 6.00. The van der Waals surface area contributed by atoms with E-state index in [1.54, 1.807) is 13.1 Å². The number of hydrogen-bond donors (Lipinski definition) is 1. The summed E-state index contributed by atoms with van der Waals surface area (Å²) >= 11 is 0. The normalized spacial score (nSPS) is 11.2. The van der Waals surface area contributed by atoms with E-state index in [-0.39, 0.29) is 11.6 Å². The Morgan fingerprint density at radius 2 is 1.90 bits per heavy atom. The molecule has 1 heterocycles. The number of halogens is 4. The Hall–Kier alpha value is -2.31. The highest BCUT2D eigenvalue weighted by atomic mass is 19.4. The molecule has 0 aliphatic carbocycles. The second-order valence-electron chi connectivity index (χ2n) is 3.88. The Balaban J connectivity index is 2.18. The highest BCUT2D eigenvalue weighted by molar-refractivity contribution is 5.47. The average Bonchev–Trinajstić information content (AvgIpc) is 2.40. The lowest BCUT2D eigenvalue weighted by Crippen LogP contribution is -2.05. The molecule has 2 aromatic rings. The summed E-state index contributed by atoms with van der Waals surface area (Å²) in [7, 11) is 1.63. The number of anilines is 1. The van der Waals surface area contributed by atoms with E-state index in [0.717, 1.165) is 12.1 Å². The molecule has 1 aromatic carbocycles. The standard InChI is InChI=1S/C13H10F4N2O/c1-18-9-3-4-11(10(14)6-9)20-12-5-2-8(7-19-12)13(15,16)17/h2-7,18H,1H3. The third kappa shape index (κ3) is 3.17. The van der Waals surface area contributed by atoms with Crippen LogP contribution in [0, 0.1) is 5.82 Å². The number of nitrogens with zero attached hydrogens (tertiary/aromatic N) is 1. The number of benzene rings is 1. The van der Waals surface area contributed by atoms with Crippen LogP contribution in [0.4, 0.5) is 23.2 Å². The lowest BCUT2D eigenvalue weighted by atomic mass is 10.3. The molecule has 0 spiro atoms. The van der Waals surface area contributed by atoms with Gasteiger partial charge in [-0.05, 0) is 18.2 Å². The quantitative estimate of drug-likeness (QED) is 0.863. The molecule has 0 bridgehead atoms. The minimum atomic E-state index is -4.47. The first-order valence-electron chi connectivity index (χ1n) is 5.58. The van der Waals surface area contributed by atoms with Crippen LogP contribution in [0.5, 0.6) is 11.6 Å². The van der Waals surface area contributed by atoms with Crippen molar-refractivity contribution in [2.45, 2.75) is 6.18 Å². The van der Waals surface area contributed by atoms with Crippen molar-refractivity contribution in [3.8, 4) is 11.6 Å². The Morgan fingerprint density at radius 3 is 2.40 bits per heavy atom. The van der Waals surface area contributed by atoms with Gasteiger partial charge >= 0.3 is 6.18 Å². The average molecular weight is 286 g/mol. The van der Waals surface area contributed by atoms with Crippen LogP contribution >= 0.6 is 0 Å². The highest BCUT2D eigenvalue weighted by Gasteiger charge is 2.30. The monoisotopic (exact) mass is 286 g/mol. The smallest absolute Gasteiger partial charge is 0.417 e. The molecule has 0 atom stereocenters. The minimum Gasteiger partial charge on any atom is -0.436 e. The molecule has 0 unspecified atom stereocenters. The number of rotatable bonds is 3. The highest BCUT2D eigenvalue weighted by Crippen LogP contribution is 2.30. The topological polar surface area (TPSA) is 34.1 Å². The molecule has 0 saturated carbocycles. The molecular weight excluding hydrogens is 276 g/mol. The van der Waals surface area contributed by atoms with E-state index >= 15 is 0 Å². The fourth-order valence-electron chi connectivity index (χ4n) is 1.46. The summed E-state index contributed by atoms with van der Waals surface area (Å²) in [5.41, 5.74) is -0.342. The summed E-state index contributed by atoms with van der Waals surface area (Å²) in [6.45, 7) is 0. The molecule has 2 rings (SSSR count). The van der Waals surface area contributed by atoms with Crippen LogP contribution in [0.1, 0.15) is 5.56 Å². The third-order valence-electron chi connectivity index (χ3n) is 2.50. The molecule has 7 heteroatoms. The molecular formula is C13H10F4N2O. The second-order valence-corrected chi connectivity index (χ2v) is 3.88. The molecule has 0 aliphatic heterocycles. The van der Waals surface area contributed by atoms with Crippen molar-refractivity contribution >= 4 is 5.69 Å². The fraction of sp³-hybridized carbons (Fsp3) is 0.154. The summed E-state index contributed by atoms with van der Waals surface area (Å²) < 4.78 is 55.8. The summed E-state index contributed by atoms with van der Waals surface area (Å²) in [6.07, 6.45) is -3.83. The van der Waals surface area contributed by atoms with E-state index in [1.807, 2.05) is 0 Å². The van der Waals surface area contributed by atoms with Crippen molar-refractivity contribution in [2.24, 2.45) is 0 Å². The maximum absolute atomic E-state index is 13.6. The van der Waals surface area contributed by atoms with Gasteiger partial charge in [-0.15, -0.1) is 0 Å². The van der Waals surface area contributed by atoms with Gasteiger partial charge in [-0.25, -0.2) is 9.37 Å². The molecule has 106 valence electrons. The van der Waals surface area contributed by atoms with Crippen molar-refractivity contribution in [1.29, 1.82) is 0 Å². The van der Waals surface area contributed by atoms with E-state index in [9.17, 15) is 17.6 Å². The first kappa shape index (κ1) is 14.1. The minimum absolute atomic E-state index is 0.115. The van der Waals surface area contributed by atoms with Gasteiger partial charge in [-0.3, -0.25) is 0 Å². The lowest BCUT2D eigenvalue weighted by molar-refractivity contribution is -0.137. The number of pyridine rings is 1. The largest absolute Gasteiger partial charge is 0.436 e. The Kier molecular flexibility index (Phi) is 3.78. The van der Waals surface area contributed by atoms with E-state index in [0.29, 0.717) is 11.9 Å². The zero-order chi connectivity index (χ0) is 14.8. The fourth-order valence-corrected chi connectivity index (χ4v) is 1.46. The van der Waals surface area contributed by atoms with Gasteiger partial charge in [-0.2, -0.15) is 13.2 Å². The molecule has 1 N–H and O–H groups in total. The molecule has 0 saturated heterocycles. The molecule has 3 nitrogen and oxygen atoms in total. The number of ether oxygens (including phenoxy) is 1. The number of aromatic nitrogens is 1. The Bertz CT molecular complexity index is 596. The van der Waals surface area contributed by atoms with Gasteiger partial charge in [0, 0.05) is 31.1 Å². The van der Waals surface area contributed by atoms with Crippen LogP contribution in [-0.4, -0.2) is 12.0 Å². The first-order chi connectivity index (χ1) is 9.40. The van der Waals surface area contributed by atoms with E-state index < -0.39 is 17.6 Å². The van der Waals surface area contributed by atoms with Gasteiger partial charge in [0.15, 0.2) is 11.6 Å². The van der Waals surface area contributed by atoms with Crippen LogP contribution < -0.4 is 10.1 Å². The van der Waals surface area contributed by atoms with Crippen molar-refractivity contribution < 1.29 is 22.3 Å². The third-order valence-corrected chi connectivity index (χ3v) is 2.50. The molecule has 0 fully saturated rings. The molecule has 0 radical (unpaired) electrons. The van der Waals surface area contributed by atoms with E-state index in [1.165, 1.54) is 12.1 Å². The summed E-state index contributed by atoms with van der Waals surface area (Å²) in [5, 5.41) is 2.75. The van der Waals surface area contributed by atoms with Crippen LogP contribution in [0.3, 0.4) is 0 Å². The molecule has 0 aliphatic rings. The van der Waals surface area contributed by atoms with Gasteiger partial charge in [0.2, 0.25) is 5.88 Å². The summed E-state index contributed by atoms with van der Waals surface area (Å²) in [5.74, 6) is -0.871. The van der Waals surface area contributed by atoms with Crippen molar-refractivity contribution in [3.63, 3.8) is 0 Å². The predicted octanol–water partition coefficient (Wildman–Crippen LogP) is 4.07. The maximum Gasteiger partial charge on any atom is 0.417 e. The van der Waals surface area contributed by atoms with Crippen molar-refractivity contribution in [3.05, 3.63) is 47.9 Å². The van der Waals surface area contributed by atoms with Crippen molar-refractivity contribution in [2.75, 3.05) is 12.4 Å².